The molecule has 0 aliphatic rings. The lowest BCUT2D eigenvalue weighted by Gasteiger charge is -2.12. The van der Waals surface area contributed by atoms with Crippen LogP contribution in [0.15, 0.2) is 0 Å². The van der Waals surface area contributed by atoms with E-state index in [9.17, 15) is 14.4 Å². The molecule has 86 valence electrons. The minimum Gasteiger partial charge on any atom is -0.480 e. The predicted octanol–water partition coefficient (Wildman–Crippen LogP) is -0.508. The van der Waals surface area contributed by atoms with E-state index >= 15 is 0 Å². The Morgan fingerprint density at radius 3 is 2.33 bits per heavy atom. The van der Waals surface area contributed by atoms with E-state index in [1.165, 1.54) is 14.0 Å². The molecule has 0 spiro atoms. The van der Waals surface area contributed by atoms with Gasteiger partial charge in [0, 0.05) is 20.4 Å². The van der Waals surface area contributed by atoms with Crippen LogP contribution in [0.25, 0.3) is 0 Å². The average Bonchev–Trinajstić information content (AvgIpc) is 2.15. The van der Waals surface area contributed by atoms with Crippen LogP contribution in [0, 0.1) is 0 Å². The fraction of sp³-hybridized carbons (Fsp3) is 0.667. The average molecular weight is 216 g/mol. The molecule has 0 saturated carbocycles. The second kappa shape index (κ2) is 6.80. The summed E-state index contributed by atoms with van der Waals surface area (Å²) in [6.07, 6.45) is 0.944. The van der Waals surface area contributed by atoms with Gasteiger partial charge in [0.2, 0.25) is 11.8 Å². The van der Waals surface area contributed by atoms with Gasteiger partial charge in [-0.3, -0.25) is 9.59 Å². The van der Waals surface area contributed by atoms with Gasteiger partial charge in [0.1, 0.15) is 6.04 Å². The molecule has 3 N–H and O–H groups in total. The van der Waals surface area contributed by atoms with Crippen molar-refractivity contribution in [3.8, 4) is 0 Å². The van der Waals surface area contributed by atoms with Crippen molar-refractivity contribution in [1.29, 1.82) is 0 Å². The molecule has 0 heterocycles. The Morgan fingerprint density at radius 2 is 1.93 bits per heavy atom. The Balaban J connectivity index is 3.91. The molecule has 6 heteroatoms. The number of nitrogens with one attached hydrogen (secondary N) is 2. The van der Waals surface area contributed by atoms with E-state index in [2.05, 4.69) is 10.6 Å². The highest BCUT2D eigenvalue weighted by atomic mass is 16.4. The molecule has 0 aromatic carbocycles. The van der Waals surface area contributed by atoms with E-state index in [0.29, 0.717) is 6.42 Å². The third kappa shape index (κ3) is 6.48. The number of carboxylic acids is 1. The lowest BCUT2D eigenvalue weighted by atomic mass is 10.1. The summed E-state index contributed by atoms with van der Waals surface area (Å²) in [6.45, 7) is 1.26. The van der Waals surface area contributed by atoms with Crippen molar-refractivity contribution in [3.05, 3.63) is 0 Å². The lowest BCUT2D eigenvalue weighted by molar-refractivity contribution is -0.141. The summed E-state index contributed by atoms with van der Waals surface area (Å²) < 4.78 is 0. The van der Waals surface area contributed by atoms with Crippen LogP contribution in [0.4, 0.5) is 0 Å². The van der Waals surface area contributed by atoms with Gasteiger partial charge in [0.05, 0.1) is 0 Å². The van der Waals surface area contributed by atoms with Gasteiger partial charge in [-0.15, -0.1) is 0 Å². The van der Waals surface area contributed by atoms with Gasteiger partial charge in [-0.1, -0.05) is 0 Å². The zero-order chi connectivity index (χ0) is 11.8. The summed E-state index contributed by atoms with van der Waals surface area (Å²) >= 11 is 0. The SMILES string of the molecule is CNC(=O)CCCC(NC(C)=O)C(=O)O. The predicted molar refractivity (Wildman–Crippen MR) is 53.2 cm³/mol. The lowest BCUT2D eigenvalue weighted by Crippen LogP contribution is -2.39. The molecule has 0 saturated heterocycles. The molecule has 2 amide bonds. The standard InChI is InChI=1S/C9H16N2O4/c1-6(12)11-7(9(14)15)4-3-5-8(13)10-2/h7H,3-5H2,1-2H3,(H,10,13)(H,11,12)(H,14,15). The van der Waals surface area contributed by atoms with Gasteiger partial charge >= 0.3 is 5.97 Å². The van der Waals surface area contributed by atoms with Crippen molar-refractivity contribution in [2.24, 2.45) is 0 Å². The Hall–Kier alpha value is -1.59. The van der Waals surface area contributed by atoms with Crippen LogP contribution in [0.3, 0.4) is 0 Å². The molecule has 0 rings (SSSR count). The second-order valence-corrected chi connectivity index (χ2v) is 3.16. The fourth-order valence-electron chi connectivity index (χ4n) is 1.09. The topological polar surface area (TPSA) is 95.5 Å². The van der Waals surface area contributed by atoms with Crippen LogP contribution in [0.5, 0.6) is 0 Å². The fourth-order valence-corrected chi connectivity index (χ4v) is 1.09. The third-order valence-electron chi connectivity index (χ3n) is 1.85. The van der Waals surface area contributed by atoms with Crippen molar-refractivity contribution < 1.29 is 19.5 Å². The van der Waals surface area contributed by atoms with Crippen LogP contribution in [-0.2, 0) is 14.4 Å². The molecule has 15 heavy (non-hydrogen) atoms. The zero-order valence-electron chi connectivity index (χ0n) is 8.87. The monoisotopic (exact) mass is 216 g/mol. The summed E-state index contributed by atoms with van der Waals surface area (Å²) in [5.74, 6) is -1.61. The summed E-state index contributed by atoms with van der Waals surface area (Å²) in [5.41, 5.74) is 0. The number of carbonyl (C=O) groups excluding carboxylic acids is 2. The van der Waals surface area contributed by atoms with Gasteiger partial charge in [-0.05, 0) is 12.8 Å². The maximum Gasteiger partial charge on any atom is 0.326 e. The van der Waals surface area contributed by atoms with E-state index < -0.39 is 12.0 Å². The summed E-state index contributed by atoms with van der Waals surface area (Å²) in [5, 5.41) is 13.5. The van der Waals surface area contributed by atoms with Crippen LogP contribution < -0.4 is 10.6 Å². The molecule has 0 radical (unpaired) electrons. The van der Waals surface area contributed by atoms with Gasteiger partial charge in [0.15, 0.2) is 0 Å². The van der Waals surface area contributed by atoms with E-state index in [4.69, 9.17) is 5.11 Å². The summed E-state index contributed by atoms with van der Waals surface area (Å²) in [4.78, 5) is 32.2. The van der Waals surface area contributed by atoms with E-state index in [0.717, 1.165) is 0 Å². The highest BCUT2D eigenvalue weighted by Gasteiger charge is 2.17. The molecule has 0 aromatic heterocycles. The Bertz CT molecular complexity index is 252. The van der Waals surface area contributed by atoms with Crippen molar-refractivity contribution in [2.75, 3.05) is 7.05 Å². The summed E-state index contributed by atoms with van der Waals surface area (Å²) in [7, 11) is 1.52. The second-order valence-electron chi connectivity index (χ2n) is 3.16. The number of amides is 2. The van der Waals surface area contributed by atoms with Gasteiger partial charge in [-0.2, -0.15) is 0 Å². The van der Waals surface area contributed by atoms with E-state index in [1.54, 1.807) is 0 Å². The number of rotatable bonds is 6. The first kappa shape index (κ1) is 13.4. The van der Waals surface area contributed by atoms with E-state index in [1.807, 2.05) is 0 Å². The smallest absolute Gasteiger partial charge is 0.326 e. The minimum atomic E-state index is -1.08. The van der Waals surface area contributed by atoms with Crippen molar-refractivity contribution in [3.63, 3.8) is 0 Å². The molecular formula is C9H16N2O4. The Kier molecular flexibility index (Phi) is 6.08. The maximum atomic E-state index is 10.8. The van der Waals surface area contributed by atoms with Crippen molar-refractivity contribution in [2.45, 2.75) is 32.2 Å². The molecule has 1 atom stereocenters. The van der Waals surface area contributed by atoms with E-state index in [-0.39, 0.29) is 24.7 Å². The third-order valence-corrected chi connectivity index (χ3v) is 1.85. The Labute approximate surface area is 88.0 Å². The minimum absolute atomic E-state index is 0.137. The van der Waals surface area contributed by atoms with Crippen LogP contribution in [0.2, 0.25) is 0 Å². The normalized spacial score (nSPS) is 11.6. The maximum absolute atomic E-state index is 10.8. The van der Waals surface area contributed by atoms with Crippen LogP contribution >= 0.6 is 0 Å². The largest absolute Gasteiger partial charge is 0.480 e. The highest BCUT2D eigenvalue weighted by Crippen LogP contribution is 2.01. The highest BCUT2D eigenvalue weighted by molar-refractivity contribution is 5.82. The molecule has 0 aliphatic carbocycles. The number of hydrogen-bond acceptors (Lipinski definition) is 3. The molecular weight excluding hydrogens is 200 g/mol. The number of carbonyl (C=O) groups is 3. The van der Waals surface area contributed by atoms with Gasteiger partial charge in [0.25, 0.3) is 0 Å². The molecule has 6 nitrogen and oxygen atoms in total. The molecule has 0 aromatic rings. The Morgan fingerprint density at radius 1 is 1.33 bits per heavy atom. The number of hydrogen-bond donors (Lipinski definition) is 3. The molecule has 0 bridgehead atoms. The zero-order valence-corrected chi connectivity index (χ0v) is 8.87. The quantitative estimate of drug-likeness (QED) is 0.557. The molecule has 0 fully saturated rings. The summed E-state index contributed by atoms with van der Waals surface area (Å²) in [6, 6.07) is -0.910. The first-order valence-corrected chi connectivity index (χ1v) is 4.68. The van der Waals surface area contributed by atoms with Gasteiger partial charge in [-0.25, -0.2) is 4.79 Å². The molecule has 0 aliphatic heterocycles. The van der Waals surface area contributed by atoms with Gasteiger partial charge < -0.3 is 15.7 Å². The van der Waals surface area contributed by atoms with Crippen LogP contribution in [-0.4, -0.2) is 36.0 Å². The van der Waals surface area contributed by atoms with Crippen molar-refractivity contribution >= 4 is 17.8 Å². The first-order chi connectivity index (χ1) is 6.97. The van der Waals surface area contributed by atoms with Crippen LogP contribution in [0.1, 0.15) is 26.2 Å². The first-order valence-electron chi connectivity index (χ1n) is 4.68. The van der Waals surface area contributed by atoms with Crippen molar-refractivity contribution in [1.82, 2.24) is 10.6 Å². The number of carboxylic acid groups (broad SMARTS) is 1. The molecule has 1 unspecified atom stereocenters. The number of aliphatic carboxylic acids is 1.